The molecular formula is C17H20F3N5O4S2. The summed E-state index contributed by atoms with van der Waals surface area (Å²) in [6.45, 7) is 6.81. The molecule has 0 aliphatic carbocycles. The second-order valence-corrected chi connectivity index (χ2v) is 8.54. The van der Waals surface area contributed by atoms with Gasteiger partial charge in [0, 0.05) is 12.3 Å². The molecule has 0 aromatic carbocycles. The number of alkyl halides is 3. The normalized spacial score (nSPS) is 14.6. The summed E-state index contributed by atoms with van der Waals surface area (Å²) >= 11 is 2.74. The molecule has 2 aromatic rings. The van der Waals surface area contributed by atoms with Crippen molar-refractivity contribution >= 4 is 45.6 Å². The van der Waals surface area contributed by atoms with Crippen LogP contribution in [0.2, 0.25) is 0 Å². The molecule has 14 heteroatoms. The van der Waals surface area contributed by atoms with E-state index in [0.717, 1.165) is 42.4 Å². The molecule has 0 bridgehead atoms. The van der Waals surface area contributed by atoms with Gasteiger partial charge in [-0.1, -0.05) is 11.3 Å². The highest BCUT2D eigenvalue weighted by Gasteiger charge is 2.29. The summed E-state index contributed by atoms with van der Waals surface area (Å²) in [7, 11) is 2.14. The average molecular weight is 480 g/mol. The monoisotopic (exact) mass is 479 g/mol. The van der Waals surface area contributed by atoms with E-state index in [1.54, 1.807) is 0 Å². The number of amides is 2. The van der Waals surface area contributed by atoms with Gasteiger partial charge in [-0.25, -0.2) is 9.97 Å². The van der Waals surface area contributed by atoms with Gasteiger partial charge in [-0.3, -0.25) is 9.59 Å². The lowest BCUT2D eigenvalue weighted by molar-refractivity contribution is -0.883. The van der Waals surface area contributed by atoms with Crippen LogP contribution in [0.3, 0.4) is 0 Å². The first-order valence-corrected chi connectivity index (χ1v) is 10.7. The van der Waals surface area contributed by atoms with Crippen LogP contribution in [0.1, 0.15) is 22.4 Å². The molecule has 1 fully saturated rings. The van der Waals surface area contributed by atoms with Crippen LogP contribution in [0.25, 0.3) is 10.6 Å². The Morgan fingerprint density at radius 3 is 2.32 bits per heavy atom. The molecular weight excluding hydrogens is 459 g/mol. The Balaban J connectivity index is 0.000000423. The number of rotatable bonds is 3. The minimum Gasteiger partial charge on any atom is -0.542 e. The quantitative estimate of drug-likeness (QED) is 0.630. The summed E-state index contributed by atoms with van der Waals surface area (Å²) < 4.78 is 31.5. The van der Waals surface area contributed by atoms with E-state index in [4.69, 9.17) is 9.90 Å². The highest BCUT2D eigenvalue weighted by molar-refractivity contribution is 7.19. The first-order chi connectivity index (χ1) is 14.4. The molecule has 0 radical (unpaired) electrons. The smallest absolute Gasteiger partial charge is 0.430 e. The molecule has 2 N–H and O–H groups in total. The number of carboxylic acids is 1. The van der Waals surface area contributed by atoms with Gasteiger partial charge in [-0.15, -0.1) is 11.3 Å². The summed E-state index contributed by atoms with van der Waals surface area (Å²) in [6.07, 6.45) is -5.19. The number of carboxylic acid groups (broad SMARTS) is 1. The molecule has 9 nitrogen and oxygen atoms in total. The summed E-state index contributed by atoms with van der Waals surface area (Å²) in [5, 5.41) is 14.4. The summed E-state index contributed by atoms with van der Waals surface area (Å²) in [4.78, 5) is 45.6. The summed E-state index contributed by atoms with van der Waals surface area (Å²) in [5.41, 5.74) is 1.55. The van der Waals surface area contributed by atoms with Crippen LogP contribution < -0.4 is 15.3 Å². The number of aromatic nitrogens is 2. The molecule has 1 aliphatic heterocycles. The maximum absolute atomic E-state index is 12.6. The molecule has 31 heavy (non-hydrogen) atoms. The lowest BCUT2D eigenvalue weighted by Crippen LogP contribution is -3.12. The van der Waals surface area contributed by atoms with E-state index >= 15 is 0 Å². The Morgan fingerprint density at radius 1 is 1.23 bits per heavy atom. The predicted octanol–water partition coefficient (Wildman–Crippen LogP) is -0.197. The van der Waals surface area contributed by atoms with Crippen molar-refractivity contribution in [2.75, 3.05) is 38.5 Å². The second kappa shape index (κ2) is 10.2. The van der Waals surface area contributed by atoms with Crippen LogP contribution in [0, 0.1) is 6.92 Å². The zero-order valence-electron chi connectivity index (χ0n) is 16.8. The number of quaternary nitrogens is 1. The number of halogens is 3. The van der Waals surface area contributed by atoms with Gasteiger partial charge >= 0.3 is 6.18 Å². The van der Waals surface area contributed by atoms with Crippen LogP contribution in [0.5, 0.6) is 0 Å². The Labute approximate surface area is 183 Å². The van der Waals surface area contributed by atoms with Gasteiger partial charge in [-0.05, 0) is 6.92 Å². The van der Waals surface area contributed by atoms with Crippen molar-refractivity contribution < 1.29 is 37.6 Å². The van der Waals surface area contributed by atoms with Gasteiger partial charge in [0.05, 0.1) is 49.5 Å². The highest BCUT2D eigenvalue weighted by atomic mass is 32.1. The molecule has 2 aromatic heterocycles. The number of thiazole rings is 2. The average Bonchev–Trinajstić information content (AvgIpc) is 3.27. The van der Waals surface area contributed by atoms with Gasteiger partial charge < -0.3 is 25.0 Å². The highest BCUT2D eigenvalue weighted by Crippen LogP contribution is 2.33. The molecule has 0 atom stereocenters. The van der Waals surface area contributed by atoms with Crippen molar-refractivity contribution in [1.82, 2.24) is 14.9 Å². The van der Waals surface area contributed by atoms with Crippen molar-refractivity contribution in [1.29, 1.82) is 0 Å². The van der Waals surface area contributed by atoms with Gasteiger partial charge in [0.2, 0.25) is 5.91 Å². The standard InChI is InChI=1S/C15H19N5O2S2.C2HF3O2/c1-9-12(24-15(16-9)17-10(2)21)11-8-23-13(18-11)14(22)20-6-4-19(3)5-7-20;3-2(4,5)1(6)7/h8H,4-7H2,1-3H3,(H,16,17,21);(H,6,7). The van der Waals surface area contributed by atoms with Crippen molar-refractivity contribution in [3.8, 4) is 10.6 Å². The van der Waals surface area contributed by atoms with E-state index in [0.29, 0.717) is 10.1 Å². The topological polar surface area (TPSA) is 120 Å². The Kier molecular flexibility index (Phi) is 8.08. The molecule has 3 rings (SSSR count). The van der Waals surface area contributed by atoms with E-state index in [2.05, 4.69) is 22.3 Å². The number of piperazine rings is 1. The van der Waals surface area contributed by atoms with E-state index in [1.807, 2.05) is 17.2 Å². The van der Waals surface area contributed by atoms with Crippen LogP contribution in [0.4, 0.5) is 18.3 Å². The number of aryl methyl sites for hydroxylation is 1. The number of anilines is 1. The minimum atomic E-state index is -5.19. The van der Waals surface area contributed by atoms with Crippen molar-refractivity contribution in [2.24, 2.45) is 0 Å². The third-order valence-electron chi connectivity index (χ3n) is 4.13. The number of hydrogen-bond acceptors (Lipinski definition) is 8. The number of likely N-dealkylation sites (N-methyl/N-ethyl adjacent to an activating group) is 1. The number of aliphatic carboxylic acids is 1. The fourth-order valence-corrected chi connectivity index (χ4v) is 4.36. The van der Waals surface area contributed by atoms with E-state index in [1.165, 1.54) is 34.5 Å². The number of nitrogens with one attached hydrogen (secondary N) is 2. The number of carbonyl (C=O) groups is 3. The Morgan fingerprint density at radius 2 is 1.81 bits per heavy atom. The predicted molar refractivity (Wildman–Crippen MR) is 106 cm³/mol. The van der Waals surface area contributed by atoms with Gasteiger partial charge in [0.15, 0.2) is 10.1 Å². The largest absolute Gasteiger partial charge is 0.542 e. The zero-order chi connectivity index (χ0) is 23.3. The molecule has 170 valence electrons. The third kappa shape index (κ3) is 6.97. The molecule has 2 amide bonds. The number of carbonyl (C=O) groups excluding carboxylic acids is 3. The van der Waals surface area contributed by atoms with E-state index < -0.39 is 12.1 Å². The van der Waals surface area contributed by atoms with Crippen molar-refractivity contribution in [3.05, 3.63) is 16.1 Å². The fraction of sp³-hybridized carbons (Fsp3) is 0.471. The molecule has 0 unspecified atom stereocenters. The van der Waals surface area contributed by atoms with Crippen LogP contribution >= 0.6 is 22.7 Å². The minimum absolute atomic E-state index is 0.00278. The number of hydrogen-bond donors (Lipinski definition) is 2. The van der Waals surface area contributed by atoms with E-state index in [-0.39, 0.29) is 11.8 Å². The number of nitrogens with zero attached hydrogens (tertiary/aromatic N) is 3. The first-order valence-electron chi connectivity index (χ1n) is 8.98. The Bertz CT molecular complexity index is 952. The lowest BCUT2D eigenvalue weighted by atomic mass is 10.3. The van der Waals surface area contributed by atoms with Crippen LogP contribution in [-0.2, 0) is 9.59 Å². The molecule has 0 spiro atoms. The van der Waals surface area contributed by atoms with Gasteiger partial charge in [-0.2, -0.15) is 13.2 Å². The van der Waals surface area contributed by atoms with Crippen molar-refractivity contribution in [3.63, 3.8) is 0 Å². The second-order valence-electron chi connectivity index (χ2n) is 6.69. The zero-order valence-corrected chi connectivity index (χ0v) is 18.5. The maximum Gasteiger partial charge on any atom is 0.430 e. The molecule has 1 aliphatic rings. The maximum atomic E-state index is 12.6. The van der Waals surface area contributed by atoms with Crippen LogP contribution in [-0.4, -0.2) is 72.1 Å². The van der Waals surface area contributed by atoms with Gasteiger partial charge in [0.25, 0.3) is 5.91 Å². The van der Waals surface area contributed by atoms with Gasteiger partial charge in [0.1, 0.15) is 5.97 Å². The summed E-state index contributed by atoms with van der Waals surface area (Å²) in [5.74, 6) is -3.16. The first kappa shape index (κ1) is 24.7. The fourth-order valence-electron chi connectivity index (χ4n) is 2.54. The Hall–Kier alpha value is -2.58. The van der Waals surface area contributed by atoms with E-state index in [9.17, 15) is 22.8 Å². The SMILES string of the molecule is CC(=O)Nc1nc(C)c(-c2csc(C(=O)N3CC[NH+](C)CC3)n2)s1.O=C([O-])C(F)(F)F. The van der Waals surface area contributed by atoms with Crippen LogP contribution in [0.15, 0.2) is 5.38 Å². The third-order valence-corrected chi connectivity index (χ3v) is 6.06. The molecule has 3 heterocycles. The summed E-state index contributed by atoms with van der Waals surface area (Å²) in [6, 6.07) is 0. The molecule has 1 saturated heterocycles. The van der Waals surface area contributed by atoms with Crippen molar-refractivity contribution in [2.45, 2.75) is 20.0 Å². The lowest BCUT2D eigenvalue weighted by Gasteiger charge is -2.29. The molecule has 0 saturated carbocycles.